The Kier molecular flexibility index (Phi) is 10.2. The van der Waals surface area contributed by atoms with Crippen molar-refractivity contribution in [2.45, 2.75) is 37.4 Å². The van der Waals surface area contributed by atoms with Crippen LogP contribution in [0, 0.1) is 0 Å². The van der Waals surface area contributed by atoms with Crippen LogP contribution < -0.4 is 9.47 Å². The monoisotopic (exact) mass is 772 g/mol. The summed E-state index contributed by atoms with van der Waals surface area (Å²) >= 11 is 6.43. The van der Waals surface area contributed by atoms with Gasteiger partial charge in [-0.15, -0.1) is 0 Å². The lowest BCUT2D eigenvalue weighted by molar-refractivity contribution is -0.138. The molecule has 2 aromatic carbocycles. The van der Waals surface area contributed by atoms with Crippen LogP contribution >= 0.6 is 31.9 Å². The van der Waals surface area contributed by atoms with E-state index < -0.39 is 35.7 Å². The van der Waals surface area contributed by atoms with Crippen molar-refractivity contribution in [3.63, 3.8) is 0 Å². The molecule has 0 unspecified atom stereocenters. The predicted octanol–water partition coefficient (Wildman–Crippen LogP) is 9.43. The van der Waals surface area contributed by atoms with Crippen LogP contribution in [-0.4, -0.2) is 21.8 Å². The smallest absolute Gasteiger partial charge is 0.416 e. The topological polar surface area (TPSA) is 87.4 Å². The Morgan fingerprint density at radius 2 is 0.935 bits per heavy atom. The highest BCUT2D eigenvalue weighted by Gasteiger charge is 2.32. The molecule has 0 spiro atoms. The molecule has 6 rings (SSSR count). The Bertz CT molecular complexity index is 1560. The Morgan fingerprint density at radius 1 is 0.565 bits per heavy atom. The van der Waals surface area contributed by atoms with Crippen molar-refractivity contribution in [2.75, 3.05) is 0 Å². The SMILES string of the molecule is FC(F)(F)c1ccc([C@@H]2CC(Oc3ccc(Br)nc3)=NO2)cc1.FC(F)(F)c1ccc([C@H]2CC(Oc3ccc(Br)nc3)=NO2)cc1. The Labute approximate surface area is 274 Å². The number of nitrogens with zero attached hydrogens (tertiary/aromatic N) is 4. The average Bonchev–Trinajstić information content (AvgIpc) is 3.69. The minimum atomic E-state index is -4.35. The maximum absolute atomic E-state index is 12.5. The van der Waals surface area contributed by atoms with E-state index in [0.717, 1.165) is 24.3 Å². The van der Waals surface area contributed by atoms with Crippen LogP contribution in [0.1, 0.15) is 47.3 Å². The van der Waals surface area contributed by atoms with Crippen molar-refractivity contribution in [3.8, 4) is 11.5 Å². The van der Waals surface area contributed by atoms with Crippen LogP contribution in [0.2, 0.25) is 0 Å². The highest BCUT2D eigenvalue weighted by molar-refractivity contribution is 9.10. The number of aromatic nitrogens is 2. The highest BCUT2D eigenvalue weighted by Crippen LogP contribution is 2.34. The molecule has 4 heterocycles. The molecule has 240 valence electrons. The van der Waals surface area contributed by atoms with Crippen molar-refractivity contribution >= 4 is 43.7 Å². The highest BCUT2D eigenvalue weighted by atomic mass is 79.9. The van der Waals surface area contributed by atoms with Gasteiger partial charge in [-0.1, -0.05) is 34.6 Å². The van der Waals surface area contributed by atoms with Gasteiger partial charge >= 0.3 is 12.4 Å². The molecule has 2 atom stereocenters. The van der Waals surface area contributed by atoms with Crippen molar-refractivity contribution in [3.05, 3.63) is 117 Å². The van der Waals surface area contributed by atoms with E-state index in [-0.39, 0.29) is 0 Å². The minimum Gasteiger partial charge on any atom is -0.438 e. The zero-order chi connectivity index (χ0) is 32.9. The van der Waals surface area contributed by atoms with Crippen LogP contribution in [0.5, 0.6) is 11.5 Å². The van der Waals surface area contributed by atoms with Crippen LogP contribution in [-0.2, 0) is 22.0 Å². The quantitative estimate of drug-likeness (QED) is 0.152. The van der Waals surface area contributed by atoms with Gasteiger partial charge in [0.15, 0.2) is 12.2 Å². The van der Waals surface area contributed by atoms with Gasteiger partial charge in [-0.25, -0.2) is 9.97 Å². The summed E-state index contributed by atoms with van der Waals surface area (Å²) in [5.41, 5.74) is -0.182. The normalized spacial score (nSPS) is 17.6. The molecule has 0 radical (unpaired) electrons. The fourth-order valence-electron chi connectivity index (χ4n) is 4.08. The van der Waals surface area contributed by atoms with Crippen molar-refractivity contribution in [1.82, 2.24) is 9.97 Å². The zero-order valence-electron chi connectivity index (χ0n) is 23.1. The number of alkyl halides is 6. The lowest BCUT2D eigenvalue weighted by atomic mass is 10.0. The first-order valence-electron chi connectivity index (χ1n) is 13.2. The average molecular weight is 774 g/mol. The fourth-order valence-corrected chi connectivity index (χ4v) is 4.55. The van der Waals surface area contributed by atoms with Crippen molar-refractivity contribution in [1.29, 1.82) is 0 Å². The summed E-state index contributed by atoms with van der Waals surface area (Å²) in [6, 6.07) is 16.5. The molecule has 0 saturated heterocycles. The molecule has 16 heteroatoms. The van der Waals surface area contributed by atoms with Crippen LogP contribution in [0.15, 0.2) is 105 Å². The molecule has 2 aliphatic heterocycles. The molecule has 0 aliphatic carbocycles. The molecule has 0 fully saturated rings. The van der Waals surface area contributed by atoms with Gasteiger partial charge < -0.3 is 19.1 Å². The van der Waals surface area contributed by atoms with E-state index in [9.17, 15) is 26.3 Å². The molecule has 2 aromatic heterocycles. The molecule has 2 aliphatic rings. The van der Waals surface area contributed by atoms with Crippen LogP contribution in [0.3, 0.4) is 0 Å². The number of oxime groups is 2. The number of ether oxygens (including phenoxy) is 2. The Hall–Kier alpha value is -4.18. The van der Waals surface area contributed by atoms with Gasteiger partial charge in [0.05, 0.1) is 36.4 Å². The van der Waals surface area contributed by atoms with Crippen LogP contribution in [0.25, 0.3) is 0 Å². The van der Waals surface area contributed by atoms with E-state index in [1.807, 2.05) is 0 Å². The predicted molar refractivity (Wildman–Crippen MR) is 160 cm³/mol. The number of halogens is 8. The number of hydrogen-bond acceptors (Lipinski definition) is 8. The zero-order valence-corrected chi connectivity index (χ0v) is 26.3. The second kappa shape index (κ2) is 14.1. The first-order valence-corrected chi connectivity index (χ1v) is 14.8. The van der Waals surface area contributed by atoms with E-state index >= 15 is 0 Å². The molecule has 0 N–H and O–H groups in total. The van der Waals surface area contributed by atoms with Gasteiger partial charge in [0.2, 0.25) is 11.8 Å². The third-order valence-electron chi connectivity index (χ3n) is 6.37. The first-order chi connectivity index (χ1) is 21.8. The number of hydrogen-bond donors (Lipinski definition) is 0. The summed E-state index contributed by atoms with van der Waals surface area (Å²) in [5.74, 6) is 1.70. The largest absolute Gasteiger partial charge is 0.438 e. The van der Waals surface area contributed by atoms with Gasteiger partial charge in [0.25, 0.3) is 0 Å². The summed E-state index contributed by atoms with van der Waals surface area (Å²) in [6.07, 6.45) is -5.91. The number of pyridine rings is 2. The number of rotatable bonds is 4. The van der Waals surface area contributed by atoms with Gasteiger partial charge in [-0.2, -0.15) is 26.3 Å². The molecular formula is C30H20Br2F6N4O4. The second-order valence-electron chi connectivity index (χ2n) is 9.64. The molecular weight excluding hydrogens is 754 g/mol. The molecule has 0 amide bonds. The lowest BCUT2D eigenvalue weighted by Gasteiger charge is -2.10. The summed E-state index contributed by atoms with van der Waals surface area (Å²) in [7, 11) is 0. The summed E-state index contributed by atoms with van der Waals surface area (Å²) in [5, 5.41) is 7.63. The molecule has 0 saturated carbocycles. The molecule has 8 nitrogen and oxygen atoms in total. The second-order valence-corrected chi connectivity index (χ2v) is 11.3. The maximum atomic E-state index is 12.5. The molecule has 46 heavy (non-hydrogen) atoms. The van der Waals surface area contributed by atoms with E-state index in [1.54, 1.807) is 24.3 Å². The van der Waals surface area contributed by atoms with E-state index in [1.165, 1.54) is 36.7 Å². The molecule has 4 aromatic rings. The van der Waals surface area contributed by atoms with Gasteiger partial charge in [-0.05, 0) is 91.5 Å². The van der Waals surface area contributed by atoms with Crippen LogP contribution in [0.4, 0.5) is 26.3 Å². The maximum Gasteiger partial charge on any atom is 0.416 e. The Balaban J connectivity index is 0.000000181. The third kappa shape index (κ3) is 8.96. The first kappa shape index (κ1) is 33.2. The molecule has 0 bridgehead atoms. The van der Waals surface area contributed by atoms with Crippen molar-refractivity contribution in [2.24, 2.45) is 10.3 Å². The fraction of sp³-hybridized carbons (Fsp3) is 0.200. The number of benzene rings is 2. The third-order valence-corrected chi connectivity index (χ3v) is 7.31. The summed E-state index contributed by atoms with van der Waals surface area (Å²) in [4.78, 5) is 18.5. The van der Waals surface area contributed by atoms with E-state index in [2.05, 4.69) is 52.1 Å². The van der Waals surface area contributed by atoms with Gasteiger partial charge in [-0.3, -0.25) is 0 Å². The summed E-state index contributed by atoms with van der Waals surface area (Å²) < 4.78 is 87.7. The van der Waals surface area contributed by atoms with E-state index in [0.29, 0.717) is 56.5 Å². The minimum absolute atomic E-state index is 0.335. The standard InChI is InChI=1S/2C15H10BrF3N2O2/c2*16-13-6-5-11(8-20-13)22-14-7-12(23-21-14)9-1-3-10(4-2-9)15(17,18)19/h2*1-6,8,12H,7H2/t2*12-/m10/s1. The Morgan fingerprint density at radius 3 is 1.24 bits per heavy atom. The van der Waals surface area contributed by atoms with E-state index in [4.69, 9.17) is 19.1 Å². The van der Waals surface area contributed by atoms with Crippen molar-refractivity contribution < 1.29 is 45.5 Å². The van der Waals surface area contributed by atoms with Gasteiger partial charge in [0.1, 0.15) is 20.7 Å². The summed E-state index contributed by atoms with van der Waals surface area (Å²) in [6.45, 7) is 0. The van der Waals surface area contributed by atoms with Gasteiger partial charge in [0, 0.05) is 0 Å². The lowest BCUT2D eigenvalue weighted by Crippen LogP contribution is -2.08.